The van der Waals surface area contributed by atoms with Gasteiger partial charge >= 0.3 is 0 Å². The van der Waals surface area contributed by atoms with E-state index in [9.17, 15) is 4.79 Å². The van der Waals surface area contributed by atoms with Crippen LogP contribution in [0.25, 0.3) is 16.6 Å². The summed E-state index contributed by atoms with van der Waals surface area (Å²) in [6, 6.07) is 19.1. The average Bonchev–Trinajstić information content (AvgIpc) is 3.06. The van der Waals surface area contributed by atoms with E-state index in [0.29, 0.717) is 11.6 Å². The van der Waals surface area contributed by atoms with Gasteiger partial charge in [0.2, 0.25) is 11.8 Å². The summed E-state index contributed by atoms with van der Waals surface area (Å²) in [5, 5.41) is 2.73. The lowest BCUT2D eigenvalue weighted by Crippen LogP contribution is -2.05. The summed E-state index contributed by atoms with van der Waals surface area (Å²) in [5.74, 6) is 1.11. The van der Waals surface area contributed by atoms with E-state index >= 15 is 0 Å². The highest BCUT2D eigenvalue weighted by Gasteiger charge is 2.10. The molecule has 118 valence electrons. The molecule has 1 N–H and O–H groups in total. The number of amides is 1. The van der Waals surface area contributed by atoms with Crippen molar-refractivity contribution < 1.29 is 9.53 Å². The van der Waals surface area contributed by atoms with E-state index in [1.54, 1.807) is 12.1 Å². The summed E-state index contributed by atoms with van der Waals surface area (Å²) in [6.07, 6.45) is 1.99. The summed E-state index contributed by atoms with van der Waals surface area (Å²) in [5.41, 5.74) is 3.53. The number of rotatable bonds is 3. The Hall–Kier alpha value is -3.34. The van der Waals surface area contributed by atoms with E-state index in [1.165, 1.54) is 6.92 Å². The molecule has 24 heavy (non-hydrogen) atoms. The lowest BCUT2D eigenvalue weighted by molar-refractivity contribution is -0.114. The normalized spacial score (nSPS) is 10.9. The quantitative estimate of drug-likeness (QED) is 0.615. The first-order valence-electron chi connectivity index (χ1n) is 7.62. The highest BCUT2D eigenvalue weighted by molar-refractivity contribution is 5.88. The Balaban J connectivity index is 1.73. The van der Waals surface area contributed by atoms with E-state index in [-0.39, 0.29) is 5.91 Å². The monoisotopic (exact) mass is 317 g/mol. The number of hydrogen-bond donors (Lipinski definition) is 1. The Kier molecular flexibility index (Phi) is 3.39. The van der Waals surface area contributed by atoms with Crippen LogP contribution in [0.3, 0.4) is 0 Å². The topological polar surface area (TPSA) is 55.6 Å². The van der Waals surface area contributed by atoms with Crippen LogP contribution in [0, 0.1) is 0 Å². The minimum atomic E-state index is -0.102. The van der Waals surface area contributed by atoms with Gasteiger partial charge in [-0.3, -0.25) is 4.79 Å². The maximum Gasteiger partial charge on any atom is 0.244 e. The second-order valence-corrected chi connectivity index (χ2v) is 5.48. The van der Waals surface area contributed by atoms with Crippen LogP contribution >= 0.6 is 0 Å². The molecular formula is C19H15N3O2. The van der Waals surface area contributed by atoms with Crippen LogP contribution in [-0.2, 0) is 4.79 Å². The third-order valence-corrected chi connectivity index (χ3v) is 3.72. The molecule has 0 fully saturated rings. The van der Waals surface area contributed by atoms with E-state index < -0.39 is 0 Å². The Morgan fingerprint density at radius 1 is 1.00 bits per heavy atom. The molecule has 0 atom stereocenters. The van der Waals surface area contributed by atoms with Crippen LogP contribution in [0.4, 0.5) is 5.69 Å². The molecule has 0 bridgehead atoms. The number of para-hydroxylation sites is 2. The molecule has 5 heteroatoms. The molecule has 1 amide bonds. The number of nitrogens with zero attached hydrogens (tertiary/aromatic N) is 2. The Labute approximate surface area is 138 Å². The average molecular weight is 317 g/mol. The first-order valence-corrected chi connectivity index (χ1v) is 7.62. The van der Waals surface area contributed by atoms with Crippen molar-refractivity contribution in [2.45, 2.75) is 6.92 Å². The molecule has 4 rings (SSSR count). The van der Waals surface area contributed by atoms with Crippen molar-refractivity contribution in [2.24, 2.45) is 0 Å². The number of nitrogens with one attached hydrogen (secondary N) is 1. The van der Waals surface area contributed by atoms with Crippen molar-refractivity contribution in [3.05, 3.63) is 66.9 Å². The van der Waals surface area contributed by atoms with E-state index in [2.05, 4.69) is 14.7 Å². The Bertz CT molecular complexity index is 1040. The van der Waals surface area contributed by atoms with Crippen LogP contribution in [0.2, 0.25) is 0 Å². The second-order valence-electron chi connectivity index (χ2n) is 5.48. The van der Waals surface area contributed by atoms with Gasteiger partial charge in [0, 0.05) is 18.8 Å². The Morgan fingerprint density at radius 3 is 2.54 bits per heavy atom. The fraction of sp³-hybridized carbons (Fsp3) is 0.0526. The number of ether oxygens (including phenoxy) is 1. The smallest absolute Gasteiger partial charge is 0.244 e. The molecule has 2 aromatic carbocycles. The molecule has 0 saturated heterocycles. The van der Waals surface area contributed by atoms with Gasteiger partial charge in [0.05, 0.1) is 11.0 Å². The van der Waals surface area contributed by atoms with Crippen molar-refractivity contribution >= 4 is 28.1 Å². The van der Waals surface area contributed by atoms with Crippen molar-refractivity contribution in [1.29, 1.82) is 0 Å². The van der Waals surface area contributed by atoms with Gasteiger partial charge in [-0.05, 0) is 48.5 Å². The minimum Gasteiger partial charge on any atom is -0.437 e. The van der Waals surface area contributed by atoms with E-state index in [4.69, 9.17) is 4.74 Å². The zero-order chi connectivity index (χ0) is 16.5. The minimum absolute atomic E-state index is 0.102. The van der Waals surface area contributed by atoms with Crippen LogP contribution in [0.1, 0.15) is 6.92 Å². The zero-order valence-corrected chi connectivity index (χ0v) is 13.1. The van der Waals surface area contributed by atoms with Gasteiger partial charge in [0.1, 0.15) is 11.3 Å². The molecule has 0 saturated carbocycles. The fourth-order valence-electron chi connectivity index (χ4n) is 2.69. The van der Waals surface area contributed by atoms with Crippen molar-refractivity contribution in [3.63, 3.8) is 0 Å². The van der Waals surface area contributed by atoms with Gasteiger partial charge in [-0.15, -0.1) is 0 Å². The largest absolute Gasteiger partial charge is 0.437 e. The summed E-state index contributed by atoms with van der Waals surface area (Å²) in [7, 11) is 0. The maximum absolute atomic E-state index is 11.1. The van der Waals surface area contributed by atoms with E-state index in [1.807, 2.05) is 54.7 Å². The van der Waals surface area contributed by atoms with Crippen LogP contribution in [0.5, 0.6) is 11.6 Å². The van der Waals surface area contributed by atoms with Crippen molar-refractivity contribution in [3.8, 4) is 11.6 Å². The lowest BCUT2D eigenvalue weighted by Gasteiger charge is -2.10. The van der Waals surface area contributed by atoms with Crippen LogP contribution in [0.15, 0.2) is 66.9 Å². The molecule has 0 radical (unpaired) electrons. The molecule has 0 aliphatic heterocycles. The standard InChI is InChI=1S/C19H15N3O2/c1-13(23)20-14-8-10-15(11-9-14)24-19-18-7-4-12-22(18)17-6-3-2-5-16(17)21-19/h2-12H,1H3,(H,20,23). The first-order chi connectivity index (χ1) is 11.7. The van der Waals surface area contributed by atoms with E-state index in [0.717, 1.165) is 22.2 Å². The number of anilines is 1. The van der Waals surface area contributed by atoms with Gasteiger partial charge in [0.15, 0.2) is 0 Å². The maximum atomic E-state index is 11.1. The predicted molar refractivity (Wildman–Crippen MR) is 93.5 cm³/mol. The number of benzene rings is 2. The zero-order valence-electron chi connectivity index (χ0n) is 13.1. The predicted octanol–water partition coefficient (Wildman–Crippen LogP) is 4.24. The van der Waals surface area contributed by atoms with Gasteiger partial charge in [0.25, 0.3) is 0 Å². The summed E-state index contributed by atoms with van der Waals surface area (Å²) in [6.45, 7) is 1.48. The summed E-state index contributed by atoms with van der Waals surface area (Å²) >= 11 is 0. The molecule has 4 aromatic rings. The van der Waals surface area contributed by atoms with Crippen molar-refractivity contribution in [1.82, 2.24) is 9.38 Å². The third-order valence-electron chi connectivity index (χ3n) is 3.72. The fourth-order valence-corrected chi connectivity index (χ4v) is 2.69. The molecule has 0 aliphatic rings. The number of hydrogen-bond acceptors (Lipinski definition) is 3. The number of carbonyl (C=O) groups excluding carboxylic acids is 1. The highest BCUT2D eigenvalue weighted by Crippen LogP contribution is 2.28. The summed E-state index contributed by atoms with van der Waals surface area (Å²) in [4.78, 5) is 15.7. The number of aromatic nitrogens is 2. The molecule has 2 heterocycles. The van der Waals surface area contributed by atoms with Crippen LogP contribution in [-0.4, -0.2) is 15.3 Å². The van der Waals surface area contributed by atoms with Gasteiger partial charge in [-0.25, -0.2) is 4.98 Å². The highest BCUT2D eigenvalue weighted by atomic mass is 16.5. The lowest BCUT2D eigenvalue weighted by atomic mass is 10.3. The number of fused-ring (bicyclic) bond motifs is 3. The molecule has 2 aromatic heterocycles. The molecule has 0 spiro atoms. The molecule has 0 aliphatic carbocycles. The first kappa shape index (κ1) is 14.3. The second kappa shape index (κ2) is 5.70. The van der Waals surface area contributed by atoms with Crippen molar-refractivity contribution in [2.75, 3.05) is 5.32 Å². The Morgan fingerprint density at radius 2 is 1.75 bits per heavy atom. The SMILES string of the molecule is CC(=O)Nc1ccc(Oc2nc3ccccc3n3cccc23)cc1. The third kappa shape index (κ3) is 2.56. The number of carbonyl (C=O) groups is 1. The van der Waals surface area contributed by atoms with Crippen LogP contribution < -0.4 is 10.1 Å². The van der Waals surface area contributed by atoms with Gasteiger partial charge in [-0.2, -0.15) is 0 Å². The molecule has 0 unspecified atom stereocenters. The van der Waals surface area contributed by atoms with Gasteiger partial charge in [-0.1, -0.05) is 12.1 Å². The molecular weight excluding hydrogens is 302 g/mol. The summed E-state index contributed by atoms with van der Waals surface area (Å²) < 4.78 is 8.03. The molecule has 5 nitrogen and oxygen atoms in total. The van der Waals surface area contributed by atoms with Gasteiger partial charge < -0.3 is 14.5 Å².